The quantitative estimate of drug-likeness (QED) is 0.551. The molecule has 1 amide bonds. The number of carbonyl (C=O) groups is 3. The first-order valence-corrected chi connectivity index (χ1v) is 11.2. The molecule has 0 aliphatic heterocycles. The highest BCUT2D eigenvalue weighted by Crippen LogP contribution is 2.55. The molecule has 1 atom stereocenters. The number of carbonyl (C=O) groups excluding carboxylic acids is 3. The van der Waals surface area contributed by atoms with E-state index in [0.717, 1.165) is 41.9 Å². The smallest absolute Gasteiger partial charge is 0.307 e. The van der Waals surface area contributed by atoms with Gasteiger partial charge in [0.25, 0.3) is 5.91 Å². The Hall–Kier alpha value is -1.69. The highest BCUT2D eigenvalue weighted by atomic mass is 32.1. The van der Waals surface area contributed by atoms with Gasteiger partial charge in [-0.15, -0.1) is 11.3 Å². The number of hydrogen-bond donors (Lipinski definition) is 1. The number of ether oxygens (including phenoxy) is 1. The van der Waals surface area contributed by atoms with E-state index in [2.05, 4.69) is 5.32 Å². The summed E-state index contributed by atoms with van der Waals surface area (Å²) in [5, 5.41) is 3.24. The van der Waals surface area contributed by atoms with E-state index >= 15 is 0 Å². The van der Waals surface area contributed by atoms with Gasteiger partial charge in [-0.1, -0.05) is 0 Å². The van der Waals surface area contributed by atoms with Crippen molar-refractivity contribution in [1.29, 1.82) is 0 Å². The van der Waals surface area contributed by atoms with Gasteiger partial charge in [-0.3, -0.25) is 14.4 Å². The summed E-state index contributed by atoms with van der Waals surface area (Å²) in [5.41, 5.74) is -0.0838. The van der Waals surface area contributed by atoms with Gasteiger partial charge in [0.1, 0.15) is 0 Å². The van der Waals surface area contributed by atoms with Crippen LogP contribution in [-0.4, -0.2) is 29.3 Å². The van der Waals surface area contributed by atoms with Crippen LogP contribution in [0.2, 0.25) is 0 Å². The van der Waals surface area contributed by atoms with E-state index in [1.165, 1.54) is 30.6 Å². The summed E-state index contributed by atoms with van der Waals surface area (Å²) in [5.74, 6) is 1.50. The SMILES string of the molecule is Cc1ccc(C(=O)CCC(=O)O[C@@H](C)C(=O)NC23CC4CC(CC(C4)C2)C3)s1. The molecule has 0 aromatic carbocycles. The lowest BCUT2D eigenvalue weighted by molar-refractivity contribution is -0.156. The van der Waals surface area contributed by atoms with Gasteiger partial charge in [0.15, 0.2) is 11.9 Å². The maximum Gasteiger partial charge on any atom is 0.307 e. The van der Waals surface area contributed by atoms with Crippen molar-refractivity contribution in [2.45, 2.75) is 76.9 Å². The monoisotopic (exact) mass is 403 g/mol. The van der Waals surface area contributed by atoms with E-state index in [1.807, 2.05) is 13.0 Å². The van der Waals surface area contributed by atoms with Gasteiger partial charge in [0, 0.05) is 16.8 Å². The van der Waals surface area contributed by atoms with Gasteiger partial charge in [0.2, 0.25) is 0 Å². The molecule has 1 aromatic heterocycles. The molecule has 4 aliphatic carbocycles. The molecule has 6 heteroatoms. The average molecular weight is 404 g/mol. The fourth-order valence-corrected chi connectivity index (χ4v) is 6.69. The zero-order valence-electron chi connectivity index (χ0n) is 16.7. The van der Waals surface area contributed by atoms with Crippen LogP contribution < -0.4 is 5.32 Å². The van der Waals surface area contributed by atoms with Gasteiger partial charge in [-0.05, 0) is 82.3 Å². The minimum absolute atomic E-state index is 0.00473. The third kappa shape index (κ3) is 4.17. The Labute approximate surface area is 170 Å². The maximum absolute atomic E-state index is 12.7. The van der Waals surface area contributed by atoms with Crippen molar-refractivity contribution in [3.8, 4) is 0 Å². The third-order valence-electron chi connectivity index (χ3n) is 6.68. The number of thiophene rings is 1. The number of hydrogen-bond acceptors (Lipinski definition) is 5. The van der Waals surface area contributed by atoms with Crippen LogP contribution >= 0.6 is 11.3 Å². The Bertz CT molecular complexity index is 748. The van der Waals surface area contributed by atoms with Crippen LogP contribution in [0.1, 0.15) is 72.8 Å². The Morgan fingerprint density at radius 3 is 2.25 bits per heavy atom. The summed E-state index contributed by atoms with van der Waals surface area (Å²) in [6, 6.07) is 3.68. The van der Waals surface area contributed by atoms with Crippen LogP contribution in [-0.2, 0) is 14.3 Å². The van der Waals surface area contributed by atoms with E-state index in [1.54, 1.807) is 13.0 Å². The first-order chi connectivity index (χ1) is 13.3. The van der Waals surface area contributed by atoms with Crippen molar-refractivity contribution in [1.82, 2.24) is 5.32 Å². The summed E-state index contributed by atoms with van der Waals surface area (Å²) in [4.78, 5) is 38.6. The van der Waals surface area contributed by atoms with Gasteiger partial charge < -0.3 is 10.1 Å². The summed E-state index contributed by atoms with van der Waals surface area (Å²) < 4.78 is 5.32. The Morgan fingerprint density at radius 2 is 1.71 bits per heavy atom. The molecule has 0 unspecified atom stereocenters. The summed E-state index contributed by atoms with van der Waals surface area (Å²) in [6.07, 6.45) is 6.46. The van der Waals surface area contributed by atoms with Crippen molar-refractivity contribution < 1.29 is 19.1 Å². The molecule has 4 aliphatic rings. The third-order valence-corrected chi connectivity index (χ3v) is 7.72. The number of aryl methyl sites for hydroxylation is 1. The second-order valence-corrected chi connectivity index (χ2v) is 10.4. The molecule has 1 heterocycles. The van der Waals surface area contributed by atoms with E-state index in [0.29, 0.717) is 4.88 Å². The molecule has 5 rings (SSSR count). The molecule has 28 heavy (non-hydrogen) atoms. The number of nitrogens with one attached hydrogen (secondary N) is 1. The molecule has 5 nitrogen and oxygen atoms in total. The van der Waals surface area contributed by atoms with Gasteiger partial charge in [-0.25, -0.2) is 0 Å². The molecular formula is C22H29NO4S. The standard InChI is InChI=1S/C22H29NO4S/c1-13-3-5-19(28-13)18(24)4-6-20(25)27-14(2)21(26)23-22-10-15-7-16(11-22)9-17(8-15)12-22/h3,5,14-17H,4,6-12H2,1-2H3,(H,23,26)/t14-,15?,16?,17?,22?/m0/s1. The fourth-order valence-electron chi connectivity index (χ4n) is 5.86. The summed E-state index contributed by atoms with van der Waals surface area (Å²) in [7, 11) is 0. The Kier molecular flexibility index (Phi) is 5.34. The number of esters is 1. The van der Waals surface area contributed by atoms with E-state index in [9.17, 15) is 14.4 Å². The van der Waals surface area contributed by atoms with Gasteiger partial charge >= 0.3 is 5.97 Å². The Balaban J connectivity index is 1.25. The zero-order chi connectivity index (χ0) is 19.9. The normalized spacial score (nSPS) is 31.4. The molecule has 4 saturated carbocycles. The molecule has 0 spiro atoms. The van der Waals surface area contributed by atoms with Crippen LogP contribution in [0.15, 0.2) is 12.1 Å². The highest BCUT2D eigenvalue weighted by molar-refractivity contribution is 7.14. The maximum atomic E-state index is 12.7. The number of amides is 1. The Morgan fingerprint density at radius 1 is 1.11 bits per heavy atom. The molecule has 4 bridgehead atoms. The second kappa shape index (κ2) is 7.62. The van der Waals surface area contributed by atoms with Crippen LogP contribution in [0.4, 0.5) is 0 Å². The van der Waals surface area contributed by atoms with Crippen molar-refractivity contribution in [2.24, 2.45) is 17.8 Å². The largest absolute Gasteiger partial charge is 0.453 e. The first-order valence-electron chi connectivity index (χ1n) is 10.4. The van der Waals surface area contributed by atoms with Crippen molar-refractivity contribution >= 4 is 29.0 Å². The minimum Gasteiger partial charge on any atom is -0.453 e. The van der Waals surface area contributed by atoms with Crippen molar-refractivity contribution in [3.63, 3.8) is 0 Å². The van der Waals surface area contributed by atoms with Crippen LogP contribution in [0.25, 0.3) is 0 Å². The first kappa shape index (κ1) is 19.6. The van der Waals surface area contributed by atoms with E-state index in [4.69, 9.17) is 4.74 Å². The lowest BCUT2D eigenvalue weighted by atomic mass is 9.53. The predicted molar refractivity (Wildman–Crippen MR) is 107 cm³/mol. The van der Waals surface area contributed by atoms with Gasteiger partial charge in [0.05, 0.1) is 11.3 Å². The molecule has 0 radical (unpaired) electrons. The summed E-state index contributed by atoms with van der Waals surface area (Å²) in [6.45, 7) is 3.57. The number of Topliss-reactive ketones (excluding diaryl/α,β-unsaturated/α-hetero) is 1. The predicted octanol–water partition coefficient (Wildman–Crippen LogP) is 4.04. The zero-order valence-corrected chi connectivity index (χ0v) is 17.5. The van der Waals surface area contributed by atoms with Crippen LogP contribution in [0.3, 0.4) is 0 Å². The lowest BCUT2D eigenvalue weighted by Crippen LogP contribution is -2.61. The molecule has 4 fully saturated rings. The minimum atomic E-state index is -0.820. The molecular weight excluding hydrogens is 374 g/mol. The van der Waals surface area contributed by atoms with Crippen molar-refractivity contribution in [2.75, 3.05) is 0 Å². The van der Waals surface area contributed by atoms with Crippen LogP contribution in [0.5, 0.6) is 0 Å². The second-order valence-electron chi connectivity index (χ2n) is 9.15. The van der Waals surface area contributed by atoms with E-state index in [-0.39, 0.29) is 30.1 Å². The highest BCUT2D eigenvalue weighted by Gasteiger charge is 2.51. The lowest BCUT2D eigenvalue weighted by Gasteiger charge is -2.57. The van der Waals surface area contributed by atoms with Crippen LogP contribution in [0, 0.1) is 24.7 Å². The van der Waals surface area contributed by atoms with Crippen molar-refractivity contribution in [3.05, 3.63) is 21.9 Å². The summed E-state index contributed by atoms with van der Waals surface area (Å²) >= 11 is 1.43. The number of ketones is 1. The van der Waals surface area contributed by atoms with Gasteiger partial charge in [-0.2, -0.15) is 0 Å². The number of rotatable bonds is 7. The average Bonchev–Trinajstić information content (AvgIpc) is 3.04. The van der Waals surface area contributed by atoms with E-state index < -0.39 is 12.1 Å². The topological polar surface area (TPSA) is 72.5 Å². The molecule has 1 N–H and O–H groups in total. The molecule has 0 saturated heterocycles. The fraction of sp³-hybridized carbons (Fsp3) is 0.682. The molecule has 1 aromatic rings. The molecule has 152 valence electrons.